The first-order valence-electron chi connectivity index (χ1n) is 5.35. The molecule has 0 aliphatic heterocycles. The van der Waals surface area contributed by atoms with Crippen LogP contribution in [-0.4, -0.2) is 4.92 Å². The van der Waals surface area contributed by atoms with E-state index in [4.69, 9.17) is 5.73 Å². The lowest BCUT2D eigenvalue weighted by molar-refractivity contribution is -0.384. The van der Waals surface area contributed by atoms with Gasteiger partial charge in [0, 0.05) is 21.9 Å². The molecule has 2 aromatic carbocycles. The number of nitro benzene ring substituents is 1. The van der Waals surface area contributed by atoms with Crippen molar-refractivity contribution in [2.75, 3.05) is 5.73 Å². The highest BCUT2D eigenvalue weighted by molar-refractivity contribution is 7.99. The van der Waals surface area contributed by atoms with E-state index in [0.717, 1.165) is 15.4 Å². The van der Waals surface area contributed by atoms with E-state index in [1.165, 1.54) is 23.9 Å². The van der Waals surface area contributed by atoms with Gasteiger partial charge in [0.2, 0.25) is 0 Å². The fourth-order valence-electron chi connectivity index (χ4n) is 1.53. The molecule has 2 aromatic rings. The van der Waals surface area contributed by atoms with Gasteiger partial charge in [-0.05, 0) is 24.6 Å². The van der Waals surface area contributed by atoms with Gasteiger partial charge in [0.1, 0.15) is 0 Å². The minimum atomic E-state index is -0.446. The third-order valence-electron chi connectivity index (χ3n) is 2.52. The molecule has 4 nitrogen and oxygen atoms in total. The monoisotopic (exact) mass is 260 g/mol. The summed E-state index contributed by atoms with van der Waals surface area (Å²) in [4.78, 5) is 12.1. The quantitative estimate of drug-likeness (QED) is 0.519. The zero-order valence-corrected chi connectivity index (χ0v) is 10.6. The number of rotatable bonds is 3. The van der Waals surface area contributed by atoms with Crippen molar-refractivity contribution in [3.8, 4) is 0 Å². The van der Waals surface area contributed by atoms with Crippen molar-refractivity contribution >= 4 is 23.1 Å². The fraction of sp³-hybridized carbons (Fsp3) is 0.0769. The van der Waals surface area contributed by atoms with Gasteiger partial charge < -0.3 is 5.73 Å². The molecule has 0 spiro atoms. The number of nitro groups is 1. The Hall–Kier alpha value is -2.01. The highest BCUT2D eigenvalue weighted by atomic mass is 32.2. The van der Waals surface area contributed by atoms with Crippen LogP contribution in [-0.2, 0) is 0 Å². The van der Waals surface area contributed by atoms with E-state index in [9.17, 15) is 10.1 Å². The van der Waals surface area contributed by atoms with Gasteiger partial charge >= 0.3 is 0 Å². The molecular weight excluding hydrogens is 248 g/mol. The fourth-order valence-corrected chi connectivity index (χ4v) is 2.46. The van der Waals surface area contributed by atoms with Crippen LogP contribution in [0.5, 0.6) is 0 Å². The Kier molecular flexibility index (Phi) is 3.53. The third-order valence-corrected chi connectivity index (χ3v) is 3.79. The number of benzene rings is 2. The molecule has 0 aliphatic rings. The van der Waals surface area contributed by atoms with Gasteiger partial charge in [-0.1, -0.05) is 30.0 Å². The van der Waals surface area contributed by atoms with Crippen molar-refractivity contribution in [1.82, 2.24) is 0 Å². The summed E-state index contributed by atoms with van der Waals surface area (Å²) >= 11 is 1.51. The smallest absolute Gasteiger partial charge is 0.271 e. The lowest BCUT2D eigenvalue weighted by atomic mass is 10.2. The minimum absolute atomic E-state index is 0.0154. The largest absolute Gasteiger partial charge is 0.398 e. The van der Waals surface area contributed by atoms with Crippen LogP contribution in [0.3, 0.4) is 0 Å². The molecule has 0 bridgehead atoms. The molecule has 92 valence electrons. The maximum atomic E-state index is 10.6. The van der Waals surface area contributed by atoms with Crippen LogP contribution in [0, 0.1) is 17.0 Å². The van der Waals surface area contributed by atoms with E-state index in [0.29, 0.717) is 5.69 Å². The van der Waals surface area contributed by atoms with Gasteiger partial charge in [0.05, 0.1) is 10.6 Å². The molecule has 5 heteroatoms. The van der Waals surface area contributed by atoms with E-state index >= 15 is 0 Å². The summed E-state index contributed by atoms with van der Waals surface area (Å²) in [6, 6.07) is 12.5. The van der Waals surface area contributed by atoms with Crippen molar-refractivity contribution in [3.05, 3.63) is 58.1 Å². The Bertz CT molecular complexity index is 599. The van der Waals surface area contributed by atoms with Gasteiger partial charge in [-0.15, -0.1) is 0 Å². The Morgan fingerprint density at radius 2 is 1.89 bits per heavy atom. The normalized spacial score (nSPS) is 10.3. The first-order chi connectivity index (χ1) is 8.58. The van der Waals surface area contributed by atoms with Crippen LogP contribution in [0.25, 0.3) is 0 Å². The van der Waals surface area contributed by atoms with Crippen molar-refractivity contribution in [1.29, 1.82) is 0 Å². The third kappa shape index (κ3) is 2.62. The van der Waals surface area contributed by atoms with Gasteiger partial charge in [0.15, 0.2) is 0 Å². The summed E-state index contributed by atoms with van der Waals surface area (Å²) in [5.41, 5.74) is 7.43. The Labute approximate surface area is 109 Å². The number of nitrogens with two attached hydrogens (primary N) is 1. The summed E-state index contributed by atoms with van der Waals surface area (Å²) in [5, 5.41) is 10.6. The van der Waals surface area contributed by atoms with Crippen molar-refractivity contribution < 1.29 is 4.92 Å². The van der Waals surface area contributed by atoms with Gasteiger partial charge in [0.25, 0.3) is 5.69 Å². The maximum Gasteiger partial charge on any atom is 0.271 e. The Morgan fingerprint density at radius 3 is 2.50 bits per heavy atom. The number of non-ortho nitro benzene ring substituents is 1. The summed E-state index contributed by atoms with van der Waals surface area (Å²) in [7, 11) is 0. The van der Waals surface area contributed by atoms with Gasteiger partial charge in [-0.25, -0.2) is 0 Å². The number of hydrogen-bond acceptors (Lipinski definition) is 4. The molecule has 2 N–H and O–H groups in total. The molecule has 0 aromatic heterocycles. The maximum absolute atomic E-state index is 10.6. The molecule has 0 fully saturated rings. The summed E-state index contributed by atoms with van der Waals surface area (Å²) in [5.74, 6) is 0. The van der Waals surface area contributed by atoms with E-state index < -0.39 is 4.92 Å². The minimum Gasteiger partial charge on any atom is -0.398 e. The number of anilines is 1. The van der Waals surface area contributed by atoms with Gasteiger partial charge in [-0.2, -0.15) is 0 Å². The molecular formula is C13H12N2O2S. The number of nitrogens with zero attached hydrogens (tertiary/aromatic N) is 1. The number of aryl methyl sites for hydroxylation is 1. The molecule has 0 aliphatic carbocycles. The van der Waals surface area contributed by atoms with Crippen LogP contribution < -0.4 is 5.73 Å². The molecule has 0 heterocycles. The molecule has 0 radical (unpaired) electrons. The van der Waals surface area contributed by atoms with E-state index in [1.807, 2.05) is 31.2 Å². The average Bonchev–Trinajstić information content (AvgIpc) is 2.34. The topological polar surface area (TPSA) is 69.2 Å². The Balaban J connectivity index is 2.30. The predicted octanol–water partition coefficient (Wildman–Crippen LogP) is 3.64. The van der Waals surface area contributed by atoms with Crippen molar-refractivity contribution in [2.45, 2.75) is 16.7 Å². The van der Waals surface area contributed by atoms with Gasteiger partial charge in [-0.3, -0.25) is 10.1 Å². The number of hydrogen-bond donors (Lipinski definition) is 1. The van der Waals surface area contributed by atoms with Crippen LogP contribution in [0.1, 0.15) is 5.56 Å². The second-order valence-corrected chi connectivity index (χ2v) is 4.93. The molecule has 0 atom stereocenters. The van der Waals surface area contributed by atoms with E-state index in [2.05, 4.69) is 0 Å². The van der Waals surface area contributed by atoms with Crippen LogP contribution in [0.4, 0.5) is 11.4 Å². The van der Waals surface area contributed by atoms with Crippen LogP contribution in [0.2, 0.25) is 0 Å². The predicted molar refractivity (Wildman–Crippen MR) is 72.8 cm³/mol. The summed E-state index contributed by atoms with van der Waals surface area (Å²) in [6.45, 7) is 2.02. The first-order valence-corrected chi connectivity index (χ1v) is 6.17. The van der Waals surface area contributed by atoms with Crippen LogP contribution in [0.15, 0.2) is 52.3 Å². The zero-order valence-electron chi connectivity index (χ0n) is 9.79. The lowest BCUT2D eigenvalue weighted by Crippen LogP contribution is -1.93. The molecule has 18 heavy (non-hydrogen) atoms. The molecule has 0 saturated heterocycles. The van der Waals surface area contributed by atoms with E-state index in [-0.39, 0.29) is 5.69 Å². The standard InChI is InChI=1S/C13H12N2O2S/c1-9-4-2-3-5-12(9)18-13-7-6-10(15(16)17)8-11(13)14/h2-8H,14H2,1H3. The summed E-state index contributed by atoms with van der Waals surface area (Å²) < 4.78 is 0. The van der Waals surface area contributed by atoms with Crippen molar-refractivity contribution in [3.63, 3.8) is 0 Å². The van der Waals surface area contributed by atoms with Crippen molar-refractivity contribution in [2.24, 2.45) is 0 Å². The zero-order chi connectivity index (χ0) is 13.1. The second-order valence-electron chi connectivity index (χ2n) is 3.85. The lowest BCUT2D eigenvalue weighted by Gasteiger charge is -2.07. The second kappa shape index (κ2) is 5.10. The average molecular weight is 260 g/mol. The van der Waals surface area contributed by atoms with Crippen LogP contribution >= 0.6 is 11.8 Å². The highest BCUT2D eigenvalue weighted by Crippen LogP contribution is 2.35. The molecule has 0 amide bonds. The summed E-state index contributed by atoms with van der Waals surface area (Å²) in [6.07, 6.45) is 0. The molecule has 0 saturated carbocycles. The number of nitrogen functional groups attached to an aromatic ring is 1. The SMILES string of the molecule is Cc1ccccc1Sc1ccc([N+](=O)[O-])cc1N. The first kappa shape index (κ1) is 12.4. The molecule has 0 unspecified atom stereocenters. The Morgan fingerprint density at radius 1 is 1.17 bits per heavy atom. The molecule has 2 rings (SSSR count). The highest BCUT2D eigenvalue weighted by Gasteiger charge is 2.10. The van der Waals surface area contributed by atoms with E-state index in [1.54, 1.807) is 6.07 Å².